The number of hydrogen-bond acceptors (Lipinski definition) is 4. The van der Waals surface area contributed by atoms with Gasteiger partial charge in [0.15, 0.2) is 0 Å². The standard InChI is InChI=1S/C16H16N2O2/c17-14(9-12-5-1-3-7-15(12)19)11-18-10-13-6-2-4-8-16(13)20/h1-8,10,17,19-20H,9,11H2. The van der Waals surface area contributed by atoms with E-state index in [-0.39, 0.29) is 18.0 Å². The summed E-state index contributed by atoms with van der Waals surface area (Å²) in [6.45, 7) is 0.239. The molecule has 0 radical (unpaired) electrons. The van der Waals surface area contributed by atoms with Gasteiger partial charge in [-0.15, -0.1) is 0 Å². The summed E-state index contributed by atoms with van der Waals surface area (Å²) < 4.78 is 0. The molecule has 20 heavy (non-hydrogen) atoms. The molecule has 0 fully saturated rings. The fourth-order valence-electron chi connectivity index (χ4n) is 1.80. The number of nitrogens with zero attached hydrogens (tertiary/aromatic N) is 1. The lowest BCUT2D eigenvalue weighted by atomic mass is 10.1. The van der Waals surface area contributed by atoms with Gasteiger partial charge in [-0.25, -0.2) is 0 Å². The number of aromatic hydroxyl groups is 2. The molecule has 2 aromatic carbocycles. The zero-order valence-corrected chi connectivity index (χ0v) is 11.0. The minimum absolute atomic E-state index is 0.170. The second-order valence-corrected chi connectivity index (χ2v) is 4.44. The molecule has 0 heterocycles. The maximum absolute atomic E-state index is 9.63. The van der Waals surface area contributed by atoms with E-state index >= 15 is 0 Å². The van der Waals surface area contributed by atoms with Crippen LogP contribution in [0.5, 0.6) is 11.5 Å². The molecule has 0 aliphatic carbocycles. The van der Waals surface area contributed by atoms with Crippen LogP contribution in [0.3, 0.4) is 0 Å². The molecular formula is C16H16N2O2. The smallest absolute Gasteiger partial charge is 0.124 e. The second kappa shape index (κ2) is 6.52. The van der Waals surface area contributed by atoms with Crippen molar-refractivity contribution in [2.24, 2.45) is 4.99 Å². The van der Waals surface area contributed by atoms with E-state index in [1.54, 1.807) is 42.6 Å². The Morgan fingerprint density at radius 2 is 1.65 bits per heavy atom. The molecule has 2 rings (SSSR count). The van der Waals surface area contributed by atoms with E-state index in [1.165, 1.54) is 0 Å². The van der Waals surface area contributed by atoms with Gasteiger partial charge in [-0.05, 0) is 23.8 Å². The lowest BCUT2D eigenvalue weighted by molar-refractivity contribution is 0.470. The van der Waals surface area contributed by atoms with Crippen LogP contribution in [0.25, 0.3) is 0 Å². The van der Waals surface area contributed by atoms with Crippen LogP contribution in [0.1, 0.15) is 11.1 Å². The minimum atomic E-state index is 0.170. The van der Waals surface area contributed by atoms with E-state index in [0.29, 0.717) is 17.7 Å². The van der Waals surface area contributed by atoms with Crippen molar-refractivity contribution in [2.75, 3.05) is 6.54 Å². The van der Waals surface area contributed by atoms with Crippen molar-refractivity contribution in [1.82, 2.24) is 0 Å². The molecule has 0 saturated carbocycles. The Morgan fingerprint density at radius 3 is 2.35 bits per heavy atom. The van der Waals surface area contributed by atoms with Crippen LogP contribution in [0.4, 0.5) is 0 Å². The van der Waals surface area contributed by atoms with Gasteiger partial charge in [-0.2, -0.15) is 0 Å². The maximum atomic E-state index is 9.63. The van der Waals surface area contributed by atoms with Crippen molar-refractivity contribution in [2.45, 2.75) is 6.42 Å². The van der Waals surface area contributed by atoms with Crippen molar-refractivity contribution in [3.05, 3.63) is 59.7 Å². The summed E-state index contributed by atoms with van der Waals surface area (Å²) in [7, 11) is 0. The molecule has 4 heteroatoms. The van der Waals surface area contributed by atoms with Crippen molar-refractivity contribution in [3.8, 4) is 11.5 Å². The molecule has 3 N–H and O–H groups in total. The van der Waals surface area contributed by atoms with Crippen LogP contribution in [0.15, 0.2) is 53.5 Å². The number of benzene rings is 2. The average Bonchev–Trinajstić information content (AvgIpc) is 2.43. The van der Waals surface area contributed by atoms with E-state index in [4.69, 9.17) is 5.41 Å². The third kappa shape index (κ3) is 3.68. The van der Waals surface area contributed by atoms with Crippen LogP contribution >= 0.6 is 0 Å². The van der Waals surface area contributed by atoms with Crippen LogP contribution in [0, 0.1) is 5.41 Å². The van der Waals surface area contributed by atoms with Crippen LogP contribution in [-0.2, 0) is 6.42 Å². The lowest BCUT2D eigenvalue weighted by Crippen LogP contribution is -2.06. The Bertz CT molecular complexity index is 636. The van der Waals surface area contributed by atoms with E-state index in [0.717, 1.165) is 5.56 Å². The zero-order valence-electron chi connectivity index (χ0n) is 11.0. The molecule has 0 bridgehead atoms. The average molecular weight is 268 g/mol. The molecule has 4 nitrogen and oxygen atoms in total. The first-order chi connectivity index (χ1) is 9.66. The number of phenolic OH excluding ortho intramolecular Hbond substituents is 2. The molecule has 2 aromatic rings. The van der Waals surface area contributed by atoms with E-state index in [2.05, 4.69) is 4.99 Å². The number of hydrogen-bond donors (Lipinski definition) is 3. The van der Waals surface area contributed by atoms with Gasteiger partial charge < -0.3 is 15.6 Å². The quantitative estimate of drug-likeness (QED) is 0.729. The molecule has 0 aromatic heterocycles. The first kappa shape index (κ1) is 13.8. The number of rotatable bonds is 5. The highest BCUT2D eigenvalue weighted by molar-refractivity contribution is 5.89. The molecule has 0 atom stereocenters. The third-order valence-electron chi connectivity index (χ3n) is 2.84. The Kier molecular flexibility index (Phi) is 4.50. The number of para-hydroxylation sites is 2. The summed E-state index contributed by atoms with van der Waals surface area (Å²) in [5.41, 5.74) is 1.75. The van der Waals surface area contributed by atoms with Crippen molar-refractivity contribution >= 4 is 11.9 Å². The maximum Gasteiger partial charge on any atom is 0.124 e. The highest BCUT2D eigenvalue weighted by atomic mass is 16.3. The zero-order chi connectivity index (χ0) is 14.4. The third-order valence-corrected chi connectivity index (χ3v) is 2.84. The predicted octanol–water partition coefficient (Wildman–Crippen LogP) is 2.78. The van der Waals surface area contributed by atoms with Gasteiger partial charge in [-0.3, -0.25) is 4.99 Å². The number of nitrogens with one attached hydrogen (secondary N) is 1. The first-order valence-corrected chi connectivity index (χ1v) is 6.28. The van der Waals surface area contributed by atoms with E-state index in [1.807, 2.05) is 12.1 Å². The van der Waals surface area contributed by atoms with Crippen molar-refractivity contribution in [3.63, 3.8) is 0 Å². The second-order valence-electron chi connectivity index (χ2n) is 4.44. The van der Waals surface area contributed by atoms with Crippen molar-refractivity contribution in [1.29, 1.82) is 5.41 Å². The summed E-state index contributed by atoms with van der Waals surface area (Å²) in [5, 5.41) is 27.1. The van der Waals surface area contributed by atoms with Gasteiger partial charge in [0.2, 0.25) is 0 Å². The van der Waals surface area contributed by atoms with Crippen molar-refractivity contribution < 1.29 is 10.2 Å². The molecule has 102 valence electrons. The SMILES string of the molecule is N=C(CN=Cc1ccccc1O)Cc1ccccc1O. The fraction of sp³-hybridized carbons (Fsp3) is 0.125. The lowest BCUT2D eigenvalue weighted by Gasteiger charge is -2.04. The highest BCUT2D eigenvalue weighted by Gasteiger charge is 2.03. The van der Waals surface area contributed by atoms with Gasteiger partial charge in [0.25, 0.3) is 0 Å². The summed E-state index contributed by atoms with van der Waals surface area (Å²) in [6.07, 6.45) is 1.92. The normalized spacial score (nSPS) is 10.8. The minimum Gasteiger partial charge on any atom is -0.508 e. The Hall–Kier alpha value is -2.62. The van der Waals surface area contributed by atoms with Crippen LogP contribution in [0.2, 0.25) is 0 Å². The molecular weight excluding hydrogens is 252 g/mol. The Balaban J connectivity index is 1.93. The van der Waals surface area contributed by atoms with Gasteiger partial charge in [-0.1, -0.05) is 30.3 Å². The van der Waals surface area contributed by atoms with Gasteiger partial charge in [0.1, 0.15) is 11.5 Å². The molecule has 0 unspecified atom stereocenters. The fourth-order valence-corrected chi connectivity index (χ4v) is 1.80. The molecule has 0 aliphatic heterocycles. The van der Waals surface area contributed by atoms with Gasteiger partial charge >= 0.3 is 0 Å². The number of aliphatic imine (C=N–C) groups is 1. The highest BCUT2D eigenvalue weighted by Crippen LogP contribution is 2.16. The van der Waals surface area contributed by atoms with Gasteiger partial charge in [0, 0.05) is 23.9 Å². The Morgan fingerprint density at radius 1 is 1.00 bits per heavy atom. The topological polar surface area (TPSA) is 76.7 Å². The summed E-state index contributed by atoms with van der Waals surface area (Å²) in [5.74, 6) is 0.366. The largest absolute Gasteiger partial charge is 0.508 e. The van der Waals surface area contributed by atoms with E-state index < -0.39 is 0 Å². The summed E-state index contributed by atoms with van der Waals surface area (Å²) in [6, 6.07) is 13.9. The van der Waals surface area contributed by atoms with Crippen LogP contribution < -0.4 is 0 Å². The molecule has 0 spiro atoms. The first-order valence-electron chi connectivity index (χ1n) is 6.28. The Labute approximate surface area is 117 Å². The van der Waals surface area contributed by atoms with Crippen LogP contribution in [-0.4, -0.2) is 28.7 Å². The predicted molar refractivity (Wildman–Crippen MR) is 80.1 cm³/mol. The molecule has 0 amide bonds. The molecule has 0 aliphatic rings. The summed E-state index contributed by atoms with van der Waals surface area (Å²) in [4.78, 5) is 4.14. The van der Waals surface area contributed by atoms with Gasteiger partial charge in [0.05, 0.1) is 6.54 Å². The molecule has 0 saturated heterocycles. The monoisotopic (exact) mass is 268 g/mol. The number of phenols is 2. The summed E-state index contributed by atoms with van der Waals surface area (Å²) >= 11 is 0. The van der Waals surface area contributed by atoms with E-state index in [9.17, 15) is 10.2 Å².